The van der Waals surface area contributed by atoms with E-state index < -0.39 is 10.3 Å². The minimum Gasteiger partial charge on any atom is -0.353 e. The second-order valence-corrected chi connectivity index (χ2v) is 4.01. The van der Waals surface area contributed by atoms with Crippen LogP contribution in [0.3, 0.4) is 0 Å². The van der Waals surface area contributed by atoms with Gasteiger partial charge in [-0.25, -0.2) is 0 Å². The maximum absolute atomic E-state index is 11.5. The first-order valence-electron chi connectivity index (χ1n) is 4.78. The Morgan fingerprint density at radius 3 is 2.47 bits per heavy atom. The molecule has 0 bridgehead atoms. The predicted molar refractivity (Wildman–Crippen MR) is 65.4 cm³/mol. The topological polar surface area (TPSA) is 72.2 Å². The Hall–Kier alpha value is -1.33. The highest BCUT2D eigenvalue weighted by atomic mass is 35.5. The summed E-state index contributed by atoms with van der Waals surface area (Å²) in [5.41, 5.74) is 0.461. The molecule has 1 unspecified atom stereocenters. The fourth-order valence-corrected chi connectivity index (χ4v) is 1.49. The third-order valence-electron chi connectivity index (χ3n) is 2.02. The van der Waals surface area contributed by atoms with Gasteiger partial charge in [0, 0.05) is 24.6 Å². The Morgan fingerprint density at radius 2 is 2.00 bits per heavy atom. The van der Waals surface area contributed by atoms with E-state index in [0.717, 1.165) is 0 Å². The van der Waals surface area contributed by atoms with Gasteiger partial charge in [-0.15, -0.1) is 23.2 Å². The van der Waals surface area contributed by atoms with Crippen molar-refractivity contribution in [1.29, 1.82) is 0 Å². The molecule has 1 atom stereocenters. The number of non-ortho nitro benzene ring substituents is 1. The fourth-order valence-electron chi connectivity index (χ4n) is 1.18. The molecule has 7 heteroatoms. The minimum absolute atomic E-state index is 0.0428. The molecular weight excluding hydrogens is 267 g/mol. The van der Waals surface area contributed by atoms with E-state index in [-0.39, 0.29) is 11.6 Å². The van der Waals surface area contributed by atoms with Crippen LogP contribution in [0, 0.1) is 10.1 Å². The quantitative estimate of drug-likeness (QED) is 0.509. The molecule has 0 saturated heterocycles. The molecule has 0 radical (unpaired) electrons. The smallest absolute Gasteiger partial charge is 0.269 e. The highest BCUT2D eigenvalue weighted by Gasteiger charge is 2.17. The average molecular weight is 277 g/mol. The molecule has 5 nitrogen and oxygen atoms in total. The number of nitrogens with one attached hydrogen (secondary N) is 1. The largest absolute Gasteiger partial charge is 0.353 e. The lowest BCUT2D eigenvalue weighted by molar-refractivity contribution is -0.384. The van der Waals surface area contributed by atoms with E-state index >= 15 is 0 Å². The van der Waals surface area contributed by atoms with Gasteiger partial charge in [0.25, 0.3) is 5.69 Å². The highest BCUT2D eigenvalue weighted by molar-refractivity contribution is 6.30. The average Bonchev–Trinajstić information content (AvgIpc) is 2.35. The van der Waals surface area contributed by atoms with Crippen LogP contribution in [0.1, 0.15) is 10.9 Å². The normalized spacial score (nSPS) is 11.9. The van der Waals surface area contributed by atoms with Gasteiger partial charge in [-0.3, -0.25) is 14.9 Å². The second kappa shape index (κ2) is 6.42. The Labute approximate surface area is 108 Å². The van der Waals surface area contributed by atoms with Crippen LogP contribution in [0.5, 0.6) is 0 Å². The number of hydrogen-bond donors (Lipinski definition) is 1. The molecule has 0 fully saturated rings. The van der Waals surface area contributed by atoms with Crippen molar-refractivity contribution in [2.75, 3.05) is 12.4 Å². The first-order chi connectivity index (χ1) is 8.06. The summed E-state index contributed by atoms with van der Waals surface area (Å²) in [7, 11) is 0. The lowest BCUT2D eigenvalue weighted by Crippen LogP contribution is -2.28. The zero-order valence-corrected chi connectivity index (χ0v) is 10.2. The summed E-state index contributed by atoms with van der Waals surface area (Å²) in [6, 6.07) is 5.52. The van der Waals surface area contributed by atoms with Crippen LogP contribution < -0.4 is 5.32 Å². The molecule has 1 aromatic carbocycles. The van der Waals surface area contributed by atoms with Crippen molar-refractivity contribution in [1.82, 2.24) is 5.32 Å². The summed E-state index contributed by atoms with van der Waals surface area (Å²) in [6.07, 6.45) is 0. The van der Waals surface area contributed by atoms with Crippen molar-refractivity contribution >= 4 is 34.8 Å². The Balaban J connectivity index is 2.72. The SMILES string of the molecule is O=C(NCCCl)C(Cl)c1ccc([N+](=O)[O-])cc1. The Kier molecular flexibility index (Phi) is 5.18. The number of carbonyl (C=O) groups is 1. The number of nitro benzene ring substituents is 1. The van der Waals surface area contributed by atoms with Crippen molar-refractivity contribution in [2.45, 2.75) is 5.38 Å². The van der Waals surface area contributed by atoms with Crippen LogP contribution in [0.2, 0.25) is 0 Å². The van der Waals surface area contributed by atoms with Crippen LogP contribution in [0.15, 0.2) is 24.3 Å². The summed E-state index contributed by atoms with van der Waals surface area (Å²) in [4.78, 5) is 21.4. The van der Waals surface area contributed by atoms with Crippen molar-refractivity contribution in [2.24, 2.45) is 0 Å². The number of hydrogen-bond acceptors (Lipinski definition) is 3. The molecule has 0 aliphatic carbocycles. The monoisotopic (exact) mass is 276 g/mol. The minimum atomic E-state index is -0.876. The van der Waals surface area contributed by atoms with Gasteiger partial charge >= 0.3 is 0 Å². The van der Waals surface area contributed by atoms with Gasteiger partial charge in [0.2, 0.25) is 5.91 Å². The third-order valence-corrected chi connectivity index (χ3v) is 2.66. The van der Waals surface area contributed by atoms with Gasteiger partial charge in [-0.05, 0) is 5.56 Å². The Morgan fingerprint density at radius 1 is 1.41 bits per heavy atom. The molecule has 92 valence electrons. The molecular formula is C10H10Cl2N2O3. The van der Waals surface area contributed by atoms with Crippen LogP contribution >= 0.6 is 23.2 Å². The van der Waals surface area contributed by atoms with E-state index in [9.17, 15) is 14.9 Å². The van der Waals surface area contributed by atoms with Crippen molar-refractivity contribution in [3.63, 3.8) is 0 Å². The van der Waals surface area contributed by atoms with Crippen molar-refractivity contribution < 1.29 is 9.72 Å². The van der Waals surface area contributed by atoms with Crippen LogP contribution in [-0.4, -0.2) is 23.3 Å². The van der Waals surface area contributed by atoms with Gasteiger partial charge in [0.05, 0.1) is 4.92 Å². The molecule has 0 spiro atoms. The second-order valence-electron chi connectivity index (χ2n) is 3.19. The van der Waals surface area contributed by atoms with E-state index in [1.54, 1.807) is 0 Å². The van der Waals surface area contributed by atoms with Crippen LogP contribution in [0.25, 0.3) is 0 Å². The fraction of sp³-hybridized carbons (Fsp3) is 0.300. The molecule has 0 aromatic heterocycles. The molecule has 1 rings (SSSR count). The molecule has 0 aliphatic heterocycles. The van der Waals surface area contributed by atoms with Crippen molar-refractivity contribution in [3.05, 3.63) is 39.9 Å². The summed E-state index contributed by atoms with van der Waals surface area (Å²) < 4.78 is 0. The summed E-state index contributed by atoms with van der Waals surface area (Å²) >= 11 is 11.3. The zero-order valence-electron chi connectivity index (χ0n) is 8.73. The number of carbonyl (C=O) groups excluding carboxylic acids is 1. The maximum atomic E-state index is 11.5. The number of benzene rings is 1. The predicted octanol–water partition coefficient (Wildman–Crippen LogP) is 2.23. The summed E-state index contributed by atoms with van der Waals surface area (Å²) in [6.45, 7) is 0.330. The molecule has 0 saturated carbocycles. The van der Waals surface area contributed by atoms with Crippen LogP contribution in [-0.2, 0) is 4.79 Å². The maximum Gasteiger partial charge on any atom is 0.269 e. The lowest BCUT2D eigenvalue weighted by atomic mass is 10.1. The first kappa shape index (κ1) is 13.7. The number of nitro groups is 1. The Bertz CT molecular complexity index is 409. The molecule has 1 N–H and O–H groups in total. The number of halogens is 2. The number of amides is 1. The van der Waals surface area contributed by atoms with Gasteiger partial charge < -0.3 is 5.32 Å². The molecule has 1 amide bonds. The molecule has 1 aromatic rings. The summed E-state index contributed by atoms with van der Waals surface area (Å²) in [5.74, 6) is -0.0727. The van der Waals surface area contributed by atoms with Gasteiger partial charge in [-0.1, -0.05) is 12.1 Å². The van der Waals surface area contributed by atoms with Crippen LogP contribution in [0.4, 0.5) is 5.69 Å². The van der Waals surface area contributed by atoms with E-state index in [1.807, 2.05) is 0 Å². The number of rotatable bonds is 5. The zero-order chi connectivity index (χ0) is 12.8. The first-order valence-corrected chi connectivity index (χ1v) is 5.75. The van der Waals surface area contributed by atoms with E-state index in [1.165, 1.54) is 24.3 Å². The lowest BCUT2D eigenvalue weighted by Gasteiger charge is -2.09. The third kappa shape index (κ3) is 3.87. The molecule has 0 heterocycles. The number of nitrogens with zero attached hydrogens (tertiary/aromatic N) is 1. The van der Waals surface area contributed by atoms with Crippen molar-refractivity contribution in [3.8, 4) is 0 Å². The van der Waals surface area contributed by atoms with Gasteiger partial charge in [0.1, 0.15) is 5.38 Å². The summed E-state index contributed by atoms with van der Waals surface area (Å²) in [5, 5.41) is 12.1. The standard InChI is InChI=1S/C10H10Cl2N2O3/c11-5-6-13-10(15)9(12)7-1-3-8(4-2-7)14(16)17/h1-4,9H,5-6H2,(H,13,15). The van der Waals surface area contributed by atoms with E-state index in [4.69, 9.17) is 23.2 Å². The van der Waals surface area contributed by atoms with Gasteiger partial charge in [-0.2, -0.15) is 0 Å². The van der Waals surface area contributed by atoms with Gasteiger partial charge in [0.15, 0.2) is 0 Å². The highest BCUT2D eigenvalue weighted by Crippen LogP contribution is 2.22. The van der Waals surface area contributed by atoms with E-state index in [0.29, 0.717) is 18.0 Å². The number of alkyl halides is 2. The molecule has 17 heavy (non-hydrogen) atoms. The molecule has 0 aliphatic rings. The van der Waals surface area contributed by atoms with E-state index in [2.05, 4.69) is 5.32 Å².